The molecule has 2 aliphatic heterocycles. The van der Waals surface area contributed by atoms with Crippen molar-refractivity contribution in [3.8, 4) is 0 Å². The summed E-state index contributed by atoms with van der Waals surface area (Å²) in [5.74, 6) is 0. The van der Waals surface area contributed by atoms with Crippen LogP contribution in [0.3, 0.4) is 0 Å². The Hall–Kier alpha value is -0.170. The number of ether oxygens (including phenoxy) is 2. The molecule has 124 valence electrons. The van der Waals surface area contributed by atoms with Crippen LogP contribution >= 0.6 is 22.9 Å². The van der Waals surface area contributed by atoms with E-state index in [1.165, 1.54) is 11.3 Å². The van der Waals surface area contributed by atoms with E-state index in [2.05, 4.69) is 15.9 Å². The molecule has 1 atom stereocenters. The lowest BCUT2D eigenvalue weighted by Crippen LogP contribution is -2.46. The van der Waals surface area contributed by atoms with Gasteiger partial charge in [0.25, 0.3) is 0 Å². The van der Waals surface area contributed by atoms with E-state index in [1.54, 1.807) is 11.3 Å². The molecule has 0 N–H and O–H groups in total. The van der Waals surface area contributed by atoms with Crippen LogP contribution in [0.1, 0.15) is 17.7 Å². The summed E-state index contributed by atoms with van der Waals surface area (Å²) in [5.41, 5.74) is 0. The molecule has 0 amide bonds. The van der Waals surface area contributed by atoms with E-state index in [9.17, 15) is 0 Å². The average Bonchev–Trinajstić information content (AvgIpc) is 3.17. The molecular formula is C16H25ClN2O2S. The van der Waals surface area contributed by atoms with Crippen LogP contribution in [0, 0.1) is 0 Å². The van der Waals surface area contributed by atoms with E-state index in [-0.39, 0.29) is 0 Å². The van der Waals surface area contributed by atoms with Gasteiger partial charge in [-0.15, -0.1) is 11.3 Å². The number of halogens is 1. The molecule has 3 rings (SSSR count). The van der Waals surface area contributed by atoms with E-state index in [4.69, 9.17) is 21.1 Å². The topological polar surface area (TPSA) is 24.9 Å². The van der Waals surface area contributed by atoms with Crippen LogP contribution in [-0.4, -0.2) is 68.4 Å². The van der Waals surface area contributed by atoms with Crippen LogP contribution in [-0.2, 0) is 16.0 Å². The van der Waals surface area contributed by atoms with Gasteiger partial charge in [-0.05, 0) is 25.0 Å². The highest BCUT2D eigenvalue weighted by Crippen LogP contribution is 2.23. The molecule has 0 radical (unpaired) electrons. The Bertz CT molecular complexity index is 443. The lowest BCUT2D eigenvalue weighted by Gasteiger charge is -2.34. The predicted octanol–water partition coefficient (Wildman–Crippen LogP) is 2.71. The molecule has 2 aliphatic rings. The minimum Gasteiger partial charge on any atom is -0.377 e. The number of hydrogen-bond acceptors (Lipinski definition) is 5. The van der Waals surface area contributed by atoms with Crippen LogP contribution in [0.25, 0.3) is 0 Å². The molecule has 22 heavy (non-hydrogen) atoms. The maximum Gasteiger partial charge on any atom is 0.0931 e. The summed E-state index contributed by atoms with van der Waals surface area (Å²) in [6.07, 6.45) is 2.69. The van der Waals surface area contributed by atoms with Crippen LogP contribution in [0.2, 0.25) is 4.34 Å². The summed E-state index contributed by atoms with van der Waals surface area (Å²) in [5, 5.41) is 0. The molecule has 0 aliphatic carbocycles. The van der Waals surface area contributed by atoms with Crippen LogP contribution < -0.4 is 0 Å². The third-order valence-corrected chi connectivity index (χ3v) is 5.57. The fourth-order valence-electron chi connectivity index (χ4n) is 3.01. The average molecular weight is 345 g/mol. The van der Waals surface area contributed by atoms with Crippen molar-refractivity contribution in [2.45, 2.75) is 25.5 Å². The third kappa shape index (κ3) is 5.18. The van der Waals surface area contributed by atoms with Crippen molar-refractivity contribution in [3.63, 3.8) is 0 Å². The highest BCUT2D eigenvalue weighted by Gasteiger charge is 2.18. The number of hydrogen-bond donors (Lipinski definition) is 0. The largest absolute Gasteiger partial charge is 0.377 e. The first-order valence-electron chi connectivity index (χ1n) is 8.18. The Morgan fingerprint density at radius 3 is 2.73 bits per heavy atom. The molecule has 3 heterocycles. The van der Waals surface area contributed by atoms with E-state index in [0.717, 1.165) is 69.8 Å². The van der Waals surface area contributed by atoms with Gasteiger partial charge in [0.15, 0.2) is 0 Å². The number of thiophene rings is 1. The molecule has 0 unspecified atom stereocenters. The molecule has 1 aromatic heterocycles. The molecule has 0 saturated carbocycles. The predicted molar refractivity (Wildman–Crippen MR) is 90.8 cm³/mol. The molecule has 0 aromatic carbocycles. The second-order valence-electron chi connectivity index (χ2n) is 6.03. The Morgan fingerprint density at radius 1 is 1.23 bits per heavy atom. The normalized spacial score (nSPS) is 24.1. The highest BCUT2D eigenvalue weighted by molar-refractivity contribution is 7.16. The summed E-state index contributed by atoms with van der Waals surface area (Å²) in [6.45, 7) is 9.06. The minimum atomic E-state index is 0.342. The van der Waals surface area contributed by atoms with Crippen molar-refractivity contribution in [1.29, 1.82) is 0 Å². The first-order valence-corrected chi connectivity index (χ1v) is 9.37. The van der Waals surface area contributed by atoms with E-state index in [0.29, 0.717) is 6.10 Å². The van der Waals surface area contributed by atoms with Gasteiger partial charge in [-0.2, -0.15) is 0 Å². The molecule has 4 nitrogen and oxygen atoms in total. The fraction of sp³-hybridized carbons (Fsp3) is 0.750. The molecule has 6 heteroatoms. The standard InChI is InChI=1S/C16H25ClN2O2S/c17-16-4-3-15(22-16)12-19-7-5-18(6-8-19)9-11-20-13-14-2-1-10-21-14/h3-4,14H,1-2,5-13H2/t14-/m1/s1. The minimum absolute atomic E-state index is 0.342. The quantitative estimate of drug-likeness (QED) is 0.710. The molecule has 0 bridgehead atoms. The number of piperazine rings is 1. The van der Waals surface area contributed by atoms with Crippen molar-refractivity contribution >= 4 is 22.9 Å². The highest BCUT2D eigenvalue weighted by atomic mass is 35.5. The molecular weight excluding hydrogens is 320 g/mol. The smallest absolute Gasteiger partial charge is 0.0931 e. The lowest BCUT2D eigenvalue weighted by atomic mass is 10.2. The lowest BCUT2D eigenvalue weighted by molar-refractivity contribution is 0.00614. The summed E-state index contributed by atoms with van der Waals surface area (Å²) >= 11 is 7.68. The van der Waals surface area contributed by atoms with Crippen molar-refractivity contribution in [1.82, 2.24) is 9.80 Å². The van der Waals surface area contributed by atoms with Gasteiger partial charge in [-0.25, -0.2) is 0 Å². The van der Waals surface area contributed by atoms with Crippen molar-refractivity contribution < 1.29 is 9.47 Å². The fourth-order valence-corrected chi connectivity index (χ4v) is 4.14. The summed E-state index contributed by atoms with van der Waals surface area (Å²) in [7, 11) is 0. The zero-order valence-electron chi connectivity index (χ0n) is 13.0. The zero-order valence-corrected chi connectivity index (χ0v) is 14.6. The van der Waals surface area contributed by atoms with Crippen molar-refractivity contribution in [2.24, 2.45) is 0 Å². The third-order valence-electron chi connectivity index (χ3n) is 4.35. The Morgan fingerprint density at radius 2 is 2.05 bits per heavy atom. The zero-order chi connectivity index (χ0) is 15.2. The summed E-state index contributed by atoms with van der Waals surface area (Å²) in [6, 6.07) is 4.13. The van der Waals surface area contributed by atoms with Crippen molar-refractivity contribution in [3.05, 3.63) is 21.3 Å². The van der Waals surface area contributed by atoms with E-state index < -0.39 is 0 Å². The molecule has 2 fully saturated rings. The first kappa shape index (κ1) is 16.7. The number of nitrogens with zero attached hydrogens (tertiary/aromatic N) is 2. The van der Waals surface area contributed by atoms with Gasteiger partial charge < -0.3 is 9.47 Å². The monoisotopic (exact) mass is 344 g/mol. The summed E-state index contributed by atoms with van der Waals surface area (Å²) in [4.78, 5) is 6.36. The van der Waals surface area contributed by atoms with Gasteiger partial charge in [0.2, 0.25) is 0 Å². The summed E-state index contributed by atoms with van der Waals surface area (Å²) < 4.78 is 12.2. The van der Waals surface area contributed by atoms with Crippen LogP contribution in [0.4, 0.5) is 0 Å². The van der Waals surface area contributed by atoms with Gasteiger partial charge in [0.1, 0.15) is 0 Å². The molecule has 1 aromatic rings. The van der Waals surface area contributed by atoms with Gasteiger partial charge in [0.05, 0.1) is 23.7 Å². The van der Waals surface area contributed by atoms with Crippen LogP contribution in [0.5, 0.6) is 0 Å². The van der Waals surface area contributed by atoms with Crippen LogP contribution in [0.15, 0.2) is 12.1 Å². The molecule has 2 saturated heterocycles. The first-order chi connectivity index (χ1) is 10.8. The maximum absolute atomic E-state index is 5.99. The van der Waals surface area contributed by atoms with Gasteiger partial charge in [-0.1, -0.05) is 11.6 Å². The Labute approximate surface area is 141 Å². The van der Waals surface area contributed by atoms with Crippen molar-refractivity contribution in [2.75, 3.05) is 52.5 Å². The second kappa shape index (κ2) is 8.62. The Kier molecular flexibility index (Phi) is 6.53. The number of rotatable bonds is 7. The molecule has 0 spiro atoms. The SMILES string of the molecule is Clc1ccc(CN2CCN(CCOC[C@H]3CCCO3)CC2)s1. The van der Waals surface area contributed by atoms with Gasteiger partial charge in [0, 0.05) is 50.8 Å². The Balaban J connectivity index is 1.27. The van der Waals surface area contributed by atoms with E-state index >= 15 is 0 Å². The van der Waals surface area contributed by atoms with E-state index in [1.807, 2.05) is 6.07 Å². The maximum atomic E-state index is 5.99. The van der Waals surface area contributed by atoms with Gasteiger partial charge >= 0.3 is 0 Å². The second-order valence-corrected chi connectivity index (χ2v) is 7.83. The van der Waals surface area contributed by atoms with Gasteiger partial charge in [-0.3, -0.25) is 9.80 Å².